The maximum atomic E-state index is 13.3. The third kappa shape index (κ3) is 5.25. The van der Waals surface area contributed by atoms with Crippen molar-refractivity contribution in [2.45, 2.75) is 32.6 Å². The van der Waals surface area contributed by atoms with Gasteiger partial charge in [-0.05, 0) is 37.0 Å². The number of halogens is 1. The number of carboxylic acids is 1. The van der Waals surface area contributed by atoms with Gasteiger partial charge in [0.1, 0.15) is 0 Å². The van der Waals surface area contributed by atoms with Gasteiger partial charge in [0.2, 0.25) is 0 Å². The highest BCUT2D eigenvalue weighted by atomic mass is 19.1. The first-order chi connectivity index (χ1) is 14.5. The van der Waals surface area contributed by atoms with E-state index in [0.717, 1.165) is 18.0 Å². The molecule has 3 aromatic rings. The Morgan fingerprint density at radius 2 is 1.83 bits per heavy atom. The van der Waals surface area contributed by atoms with Gasteiger partial charge in [0, 0.05) is 11.3 Å². The molecule has 2 aromatic heterocycles. The molecule has 1 atom stereocenters. The average molecular weight is 411 g/mol. The predicted molar refractivity (Wildman–Crippen MR) is 109 cm³/mol. The van der Waals surface area contributed by atoms with Gasteiger partial charge >= 0.3 is 12.0 Å². The number of hydrogen-bond acceptors (Lipinski definition) is 7. The molecule has 0 saturated carbocycles. The Balaban J connectivity index is 1.99. The number of aromatic nitrogens is 4. The van der Waals surface area contributed by atoms with Crippen molar-refractivity contribution < 1.29 is 19.0 Å². The van der Waals surface area contributed by atoms with E-state index in [2.05, 4.69) is 25.3 Å². The van der Waals surface area contributed by atoms with Crippen LogP contribution in [-0.4, -0.2) is 37.6 Å². The second kappa shape index (κ2) is 9.73. The molecule has 0 aliphatic heterocycles. The van der Waals surface area contributed by atoms with E-state index in [-0.39, 0.29) is 18.3 Å². The van der Waals surface area contributed by atoms with Gasteiger partial charge in [0.25, 0.3) is 0 Å². The Morgan fingerprint density at radius 1 is 1.13 bits per heavy atom. The quantitative estimate of drug-likeness (QED) is 0.539. The molecular formula is C21H22FN5O3. The molecule has 2 heterocycles. The lowest BCUT2D eigenvalue weighted by atomic mass is 9.91. The summed E-state index contributed by atoms with van der Waals surface area (Å²) in [7, 11) is 0. The lowest BCUT2D eigenvalue weighted by Crippen LogP contribution is -2.07. The Morgan fingerprint density at radius 3 is 2.43 bits per heavy atom. The number of anilines is 2. The van der Waals surface area contributed by atoms with E-state index in [4.69, 9.17) is 4.74 Å². The SMILES string of the molecule is CCOc1ncc(Nc2cc([C@H](CC)CC(=O)O)ccc2-c2ncc(F)cn2)cn1. The van der Waals surface area contributed by atoms with Crippen LogP contribution in [-0.2, 0) is 4.79 Å². The lowest BCUT2D eigenvalue weighted by Gasteiger charge is -2.17. The zero-order chi connectivity index (χ0) is 21.5. The zero-order valence-electron chi connectivity index (χ0n) is 16.7. The molecule has 0 spiro atoms. The largest absolute Gasteiger partial charge is 0.481 e. The topological polar surface area (TPSA) is 110 Å². The maximum Gasteiger partial charge on any atom is 0.316 e. The summed E-state index contributed by atoms with van der Waals surface area (Å²) in [5.74, 6) is -1.20. The van der Waals surface area contributed by atoms with E-state index in [1.54, 1.807) is 18.5 Å². The first kappa shape index (κ1) is 21.1. The fourth-order valence-electron chi connectivity index (χ4n) is 3.01. The van der Waals surface area contributed by atoms with Crippen LogP contribution < -0.4 is 10.1 Å². The highest BCUT2D eigenvalue weighted by Gasteiger charge is 2.17. The molecule has 0 amide bonds. The van der Waals surface area contributed by atoms with Crippen LogP contribution in [0.2, 0.25) is 0 Å². The number of nitrogens with one attached hydrogen (secondary N) is 1. The molecule has 8 nitrogen and oxygen atoms in total. The Bertz CT molecular complexity index is 997. The van der Waals surface area contributed by atoms with Gasteiger partial charge in [-0.1, -0.05) is 13.0 Å². The lowest BCUT2D eigenvalue weighted by molar-refractivity contribution is -0.137. The summed E-state index contributed by atoms with van der Waals surface area (Å²) < 4.78 is 18.5. The maximum absolute atomic E-state index is 13.3. The second-order valence-electron chi connectivity index (χ2n) is 6.55. The summed E-state index contributed by atoms with van der Waals surface area (Å²) in [5, 5.41) is 12.4. The van der Waals surface area contributed by atoms with Crippen LogP contribution in [0.1, 0.15) is 38.2 Å². The van der Waals surface area contributed by atoms with Crippen molar-refractivity contribution in [1.82, 2.24) is 19.9 Å². The van der Waals surface area contributed by atoms with Crippen LogP contribution >= 0.6 is 0 Å². The zero-order valence-corrected chi connectivity index (χ0v) is 16.7. The van der Waals surface area contributed by atoms with Gasteiger partial charge in [-0.25, -0.2) is 24.3 Å². The van der Waals surface area contributed by atoms with Crippen LogP contribution in [0, 0.1) is 5.82 Å². The number of benzene rings is 1. The van der Waals surface area contributed by atoms with Crippen molar-refractivity contribution in [2.75, 3.05) is 11.9 Å². The van der Waals surface area contributed by atoms with Gasteiger partial charge < -0.3 is 15.2 Å². The molecule has 0 fully saturated rings. The number of nitrogens with zero attached hydrogens (tertiary/aromatic N) is 4. The fourth-order valence-corrected chi connectivity index (χ4v) is 3.01. The van der Waals surface area contributed by atoms with E-state index in [9.17, 15) is 14.3 Å². The second-order valence-corrected chi connectivity index (χ2v) is 6.55. The molecular weight excluding hydrogens is 389 g/mol. The Hall–Kier alpha value is -3.62. The molecule has 30 heavy (non-hydrogen) atoms. The Labute approximate surface area is 173 Å². The van der Waals surface area contributed by atoms with Crippen LogP contribution in [0.3, 0.4) is 0 Å². The first-order valence-corrected chi connectivity index (χ1v) is 9.55. The van der Waals surface area contributed by atoms with Crippen LogP contribution in [0.15, 0.2) is 43.0 Å². The molecule has 9 heteroatoms. The highest BCUT2D eigenvalue weighted by molar-refractivity contribution is 5.78. The summed E-state index contributed by atoms with van der Waals surface area (Å²) in [5.41, 5.74) is 2.74. The van der Waals surface area contributed by atoms with Crippen molar-refractivity contribution in [3.05, 3.63) is 54.4 Å². The third-order valence-corrected chi connectivity index (χ3v) is 4.47. The van der Waals surface area contributed by atoms with Gasteiger partial charge in [-0.15, -0.1) is 0 Å². The van der Waals surface area contributed by atoms with Crippen molar-refractivity contribution in [3.8, 4) is 17.4 Å². The summed E-state index contributed by atoms with van der Waals surface area (Å²) >= 11 is 0. The number of rotatable bonds is 9. The fraction of sp³-hybridized carbons (Fsp3) is 0.286. The van der Waals surface area contributed by atoms with E-state index in [1.165, 1.54) is 0 Å². The smallest absolute Gasteiger partial charge is 0.316 e. The van der Waals surface area contributed by atoms with Crippen molar-refractivity contribution >= 4 is 17.3 Å². The van der Waals surface area contributed by atoms with Crippen molar-refractivity contribution in [3.63, 3.8) is 0 Å². The number of hydrogen-bond donors (Lipinski definition) is 2. The summed E-state index contributed by atoms with van der Waals surface area (Å²) in [6.45, 7) is 4.25. The number of ether oxygens (including phenoxy) is 1. The van der Waals surface area contributed by atoms with Gasteiger partial charge in [0.15, 0.2) is 11.6 Å². The minimum atomic E-state index is -0.859. The molecule has 156 valence electrons. The molecule has 0 aliphatic rings. The van der Waals surface area contributed by atoms with E-state index >= 15 is 0 Å². The molecule has 2 N–H and O–H groups in total. The molecule has 1 aromatic carbocycles. The normalized spacial score (nSPS) is 11.7. The Kier molecular flexibility index (Phi) is 6.84. The first-order valence-electron chi connectivity index (χ1n) is 9.55. The molecule has 0 saturated heterocycles. The summed E-state index contributed by atoms with van der Waals surface area (Å²) in [6, 6.07) is 5.77. The number of carboxylic acid groups (broad SMARTS) is 1. The molecule has 0 bridgehead atoms. The van der Waals surface area contributed by atoms with Crippen LogP contribution in [0.4, 0.5) is 15.8 Å². The minimum Gasteiger partial charge on any atom is -0.481 e. The molecule has 0 radical (unpaired) electrons. The highest BCUT2D eigenvalue weighted by Crippen LogP contribution is 2.33. The average Bonchev–Trinajstić information content (AvgIpc) is 2.74. The number of carbonyl (C=O) groups is 1. The van der Waals surface area contributed by atoms with Gasteiger partial charge in [-0.3, -0.25) is 4.79 Å². The summed E-state index contributed by atoms with van der Waals surface area (Å²) in [6.07, 6.45) is 6.04. The molecule has 0 unspecified atom stereocenters. The predicted octanol–water partition coefficient (Wildman–Crippen LogP) is 4.18. The van der Waals surface area contributed by atoms with Gasteiger partial charge in [-0.2, -0.15) is 0 Å². The third-order valence-electron chi connectivity index (χ3n) is 4.47. The van der Waals surface area contributed by atoms with E-state index in [0.29, 0.717) is 35.8 Å². The van der Waals surface area contributed by atoms with Crippen molar-refractivity contribution in [1.29, 1.82) is 0 Å². The molecule has 3 rings (SSSR count). The van der Waals surface area contributed by atoms with E-state index < -0.39 is 11.8 Å². The standard InChI is InChI=1S/C21H22FN5O3/c1-3-13(8-19(28)29)14-5-6-17(20-23-9-15(22)10-24-20)18(7-14)27-16-11-25-21(26-12-16)30-4-2/h5-7,9-13,27H,3-4,8H2,1-2H3,(H,28,29)/t13-/m1/s1. The monoisotopic (exact) mass is 411 g/mol. The van der Waals surface area contributed by atoms with Crippen molar-refractivity contribution in [2.24, 2.45) is 0 Å². The number of aliphatic carboxylic acids is 1. The van der Waals surface area contributed by atoms with Crippen LogP contribution in [0.25, 0.3) is 11.4 Å². The minimum absolute atomic E-state index is 0.0223. The summed E-state index contributed by atoms with van der Waals surface area (Å²) in [4.78, 5) is 27.6. The van der Waals surface area contributed by atoms with Crippen LogP contribution in [0.5, 0.6) is 6.01 Å². The molecule has 0 aliphatic carbocycles. The van der Waals surface area contributed by atoms with E-state index in [1.807, 2.05) is 26.0 Å². The van der Waals surface area contributed by atoms with Gasteiger partial charge in [0.05, 0.1) is 43.5 Å².